The first-order valence-corrected chi connectivity index (χ1v) is 8.06. The molecule has 0 aliphatic carbocycles. The normalized spacial score (nSPS) is 17.6. The number of benzene rings is 2. The van der Waals surface area contributed by atoms with Crippen molar-refractivity contribution in [3.8, 4) is 11.1 Å². The zero-order chi connectivity index (χ0) is 16.7. The number of aromatic nitrogens is 3. The molecule has 122 valence electrons. The summed E-state index contributed by atoms with van der Waals surface area (Å²) in [5.41, 5.74) is 10.6. The number of nitrogens with zero attached hydrogens (tertiary/aromatic N) is 4. The molecule has 2 heterocycles. The molecule has 6 heteroatoms. The second-order valence-electron chi connectivity index (χ2n) is 6.29. The van der Waals surface area contributed by atoms with E-state index in [1.54, 1.807) is 4.68 Å². The van der Waals surface area contributed by atoms with E-state index in [1.165, 1.54) is 0 Å². The van der Waals surface area contributed by atoms with Crippen molar-refractivity contribution in [2.45, 2.75) is 12.5 Å². The largest absolute Gasteiger partial charge is 0.337 e. The number of aryl methyl sites for hydroxylation is 1. The standard InChI is InChI=1S/C18H19N5O/c1-22-17-7-6-14(10-16(17)20-21-22)12-2-4-13(5-3-12)18(24)23-9-8-15(19)11-23/h2-7,10,15H,8-9,11,19H2,1H3/t15-/m0/s1. The maximum absolute atomic E-state index is 12.5. The van der Waals surface area contributed by atoms with Crippen LogP contribution in [0.5, 0.6) is 0 Å². The van der Waals surface area contributed by atoms with E-state index < -0.39 is 0 Å². The number of carbonyl (C=O) groups excluding carboxylic acids is 1. The second-order valence-corrected chi connectivity index (χ2v) is 6.29. The summed E-state index contributed by atoms with van der Waals surface area (Å²) in [6, 6.07) is 13.9. The van der Waals surface area contributed by atoms with Gasteiger partial charge in [-0.2, -0.15) is 0 Å². The number of hydrogen-bond acceptors (Lipinski definition) is 4. The number of rotatable bonds is 2. The average molecular weight is 321 g/mol. The van der Waals surface area contributed by atoms with Gasteiger partial charge < -0.3 is 10.6 Å². The van der Waals surface area contributed by atoms with Crippen molar-refractivity contribution in [3.05, 3.63) is 48.0 Å². The number of carbonyl (C=O) groups is 1. The minimum atomic E-state index is 0.0545. The van der Waals surface area contributed by atoms with Crippen molar-refractivity contribution in [1.82, 2.24) is 19.9 Å². The summed E-state index contributed by atoms with van der Waals surface area (Å²) < 4.78 is 1.75. The highest BCUT2D eigenvalue weighted by atomic mass is 16.2. The van der Waals surface area contributed by atoms with Crippen LogP contribution < -0.4 is 5.73 Å². The Kier molecular flexibility index (Phi) is 3.54. The lowest BCUT2D eigenvalue weighted by Gasteiger charge is -2.16. The van der Waals surface area contributed by atoms with E-state index in [4.69, 9.17) is 5.73 Å². The van der Waals surface area contributed by atoms with Crippen molar-refractivity contribution in [2.75, 3.05) is 13.1 Å². The molecule has 1 aliphatic heterocycles. The van der Waals surface area contributed by atoms with Gasteiger partial charge >= 0.3 is 0 Å². The van der Waals surface area contributed by atoms with E-state index in [0.717, 1.165) is 35.1 Å². The van der Waals surface area contributed by atoms with Gasteiger partial charge in [0, 0.05) is 31.7 Å². The summed E-state index contributed by atoms with van der Waals surface area (Å²) in [4.78, 5) is 14.3. The van der Waals surface area contributed by atoms with Crippen LogP contribution in [0.3, 0.4) is 0 Å². The minimum absolute atomic E-state index is 0.0545. The predicted octanol–water partition coefficient (Wildman–Crippen LogP) is 1.81. The number of fused-ring (bicyclic) bond motifs is 1. The quantitative estimate of drug-likeness (QED) is 0.781. The van der Waals surface area contributed by atoms with E-state index >= 15 is 0 Å². The number of hydrogen-bond donors (Lipinski definition) is 1. The fourth-order valence-corrected chi connectivity index (χ4v) is 3.18. The average Bonchev–Trinajstić information content (AvgIpc) is 3.20. The van der Waals surface area contributed by atoms with E-state index in [9.17, 15) is 4.79 Å². The van der Waals surface area contributed by atoms with Crippen molar-refractivity contribution < 1.29 is 4.79 Å². The zero-order valence-electron chi connectivity index (χ0n) is 13.5. The topological polar surface area (TPSA) is 77.0 Å². The molecule has 0 unspecified atom stereocenters. The summed E-state index contributed by atoms with van der Waals surface area (Å²) in [6.07, 6.45) is 0.877. The SMILES string of the molecule is Cn1nnc2cc(-c3ccc(C(=O)N4CC[C@H](N)C4)cc3)ccc21. The van der Waals surface area contributed by atoms with Gasteiger partial charge in [0.15, 0.2) is 0 Å². The summed E-state index contributed by atoms with van der Waals surface area (Å²) in [5.74, 6) is 0.0545. The molecule has 0 saturated carbocycles. The second kappa shape index (κ2) is 5.72. The molecule has 3 aromatic rings. The molecule has 1 amide bonds. The summed E-state index contributed by atoms with van der Waals surface area (Å²) in [7, 11) is 1.87. The molecule has 6 nitrogen and oxygen atoms in total. The summed E-state index contributed by atoms with van der Waals surface area (Å²) in [5, 5.41) is 8.17. The van der Waals surface area contributed by atoms with E-state index in [2.05, 4.69) is 10.3 Å². The Hall–Kier alpha value is -2.73. The first kappa shape index (κ1) is 14.8. The van der Waals surface area contributed by atoms with Crippen LogP contribution >= 0.6 is 0 Å². The van der Waals surface area contributed by atoms with E-state index in [-0.39, 0.29) is 11.9 Å². The first-order chi connectivity index (χ1) is 11.6. The van der Waals surface area contributed by atoms with Crippen LogP contribution in [0.4, 0.5) is 0 Å². The smallest absolute Gasteiger partial charge is 0.253 e. The fraction of sp³-hybridized carbons (Fsp3) is 0.278. The monoisotopic (exact) mass is 321 g/mol. The Labute approximate surface area is 139 Å². The third-order valence-electron chi connectivity index (χ3n) is 4.59. The van der Waals surface area contributed by atoms with E-state index in [0.29, 0.717) is 12.1 Å². The Bertz CT molecular complexity index is 899. The highest BCUT2D eigenvalue weighted by molar-refractivity contribution is 5.95. The molecule has 0 spiro atoms. The molecule has 0 radical (unpaired) electrons. The third-order valence-corrected chi connectivity index (χ3v) is 4.59. The fourth-order valence-electron chi connectivity index (χ4n) is 3.18. The Balaban J connectivity index is 1.59. The highest BCUT2D eigenvalue weighted by Crippen LogP contribution is 2.24. The van der Waals surface area contributed by atoms with Gasteiger partial charge in [-0.1, -0.05) is 23.4 Å². The van der Waals surface area contributed by atoms with Crippen LogP contribution in [0.1, 0.15) is 16.8 Å². The van der Waals surface area contributed by atoms with E-state index in [1.807, 2.05) is 54.4 Å². The van der Waals surface area contributed by atoms with Crippen molar-refractivity contribution >= 4 is 16.9 Å². The van der Waals surface area contributed by atoms with Gasteiger partial charge in [-0.15, -0.1) is 5.10 Å². The number of likely N-dealkylation sites (tertiary alicyclic amines) is 1. The molecule has 1 fully saturated rings. The van der Waals surface area contributed by atoms with Gasteiger partial charge in [0.25, 0.3) is 5.91 Å². The molecule has 2 aromatic carbocycles. The minimum Gasteiger partial charge on any atom is -0.337 e. The molecule has 0 bridgehead atoms. The van der Waals surface area contributed by atoms with Gasteiger partial charge in [-0.05, 0) is 41.8 Å². The lowest BCUT2D eigenvalue weighted by molar-refractivity contribution is 0.0791. The molecule has 1 aliphatic rings. The Morgan fingerprint density at radius 1 is 1.17 bits per heavy atom. The van der Waals surface area contributed by atoms with Crippen molar-refractivity contribution in [3.63, 3.8) is 0 Å². The molecule has 4 rings (SSSR count). The number of amides is 1. The van der Waals surface area contributed by atoms with Crippen LogP contribution in [0.2, 0.25) is 0 Å². The van der Waals surface area contributed by atoms with Crippen molar-refractivity contribution in [2.24, 2.45) is 12.8 Å². The maximum atomic E-state index is 12.5. The van der Waals surface area contributed by atoms with Gasteiger partial charge in [0.2, 0.25) is 0 Å². The third kappa shape index (κ3) is 2.55. The first-order valence-electron chi connectivity index (χ1n) is 8.06. The van der Waals surface area contributed by atoms with Crippen LogP contribution in [-0.2, 0) is 7.05 Å². The molecule has 1 atom stereocenters. The van der Waals surface area contributed by atoms with Crippen LogP contribution in [0, 0.1) is 0 Å². The molecular weight excluding hydrogens is 302 g/mol. The van der Waals surface area contributed by atoms with Crippen LogP contribution in [0.15, 0.2) is 42.5 Å². The molecule has 24 heavy (non-hydrogen) atoms. The van der Waals surface area contributed by atoms with Gasteiger partial charge in [-0.25, -0.2) is 4.68 Å². The van der Waals surface area contributed by atoms with Gasteiger partial charge in [0.05, 0.1) is 5.52 Å². The molecule has 2 N–H and O–H groups in total. The Morgan fingerprint density at radius 3 is 2.62 bits per heavy atom. The lowest BCUT2D eigenvalue weighted by Crippen LogP contribution is -2.31. The summed E-state index contributed by atoms with van der Waals surface area (Å²) in [6.45, 7) is 1.38. The van der Waals surface area contributed by atoms with Crippen LogP contribution in [-0.4, -0.2) is 44.9 Å². The maximum Gasteiger partial charge on any atom is 0.253 e. The Morgan fingerprint density at radius 2 is 1.92 bits per heavy atom. The highest BCUT2D eigenvalue weighted by Gasteiger charge is 2.24. The van der Waals surface area contributed by atoms with Gasteiger partial charge in [-0.3, -0.25) is 4.79 Å². The predicted molar refractivity (Wildman–Crippen MR) is 92.4 cm³/mol. The lowest BCUT2D eigenvalue weighted by atomic mass is 10.0. The molecular formula is C18H19N5O. The molecule has 1 aromatic heterocycles. The van der Waals surface area contributed by atoms with Crippen molar-refractivity contribution in [1.29, 1.82) is 0 Å². The number of nitrogens with two attached hydrogens (primary N) is 1. The van der Waals surface area contributed by atoms with Crippen LogP contribution in [0.25, 0.3) is 22.2 Å². The van der Waals surface area contributed by atoms with Gasteiger partial charge in [0.1, 0.15) is 5.52 Å². The molecule has 1 saturated heterocycles. The summed E-state index contributed by atoms with van der Waals surface area (Å²) >= 11 is 0. The zero-order valence-corrected chi connectivity index (χ0v) is 13.5.